The third kappa shape index (κ3) is 2.52. The zero-order chi connectivity index (χ0) is 14.8. The van der Waals surface area contributed by atoms with Gasteiger partial charge in [0.05, 0.1) is 11.2 Å². The van der Waals surface area contributed by atoms with Gasteiger partial charge in [-0.1, -0.05) is 12.1 Å². The molecule has 0 amide bonds. The number of fused-ring (bicyclic) bond motifs is 1. The van der Waals surface area contributed by atoms with E-state index in [2.05, 4.69) is 23.6 Å². The molecule has 0 spiro atoms. The molecular weight excluding hydrogens is 264 g/mol. The Morgan fingerprint density at radius 3 is 2.71 bits per heavy atom. The lowest BCUT2D eigenvalue weighted by molar-refractivity contribution is 0.294. The monoisotopic (exact) mass is 282 g/mol. The highest BCUT2D eigenvalue weighted by Gasteiger charge is 2.10. The lowest BCUT2D eigenvalue weighted by Gasteiger charge is -2.10. The van der Waals surface area contributed by atoms with Gasteiger partial charge in [-0.2, -0.15) is 0 Å². The lowest BCUT2D eigenvalue weighted by Crippen LogP contribution is -2.04. The van der Waals surface area contributed by atoms with E-state index >= 15 is 0 Å². The molecule has 3 aromatic rings. The molecule has 0 aliphatic heterocycles. The van der Waals surface area contributed by atoms with E-state index in [0.29, 0.717) is 12.4 Å². The van der Waals surface area contributed by atoms with Crippen molar-refractivity contribution in [3.8, 4) is 11.5 Å². The second kappa shape index (κ2) is 5.40. The van der Waals surface area contributed by atoms with Crippen LogP contribution in [-0.4, -0.2) is 9.67 Å². The molecule has 0 saturated carbocycles. The number of hydrogen-bond acceptors (Lipinski definition) is 3. The molecule has 0 atom stereocenters. The van der Waals surface area contributed by atoms with Crippen LogP contribution in [0, 0.1) is 0 Å². The van der Waals surface area contributed by atoms with Crippen LogP contribution in [0.3, 0.4) is 0 Å². The normalized spacial score (nSPS) is 10.9. The van der Waals surface area contributed by atoms with Crippen molar-refractivity contribution in [2.24, 2.45) is 0 Å². The predicted molar refractivity (Wildman–Crippen MR) is 84.5 cm³/mol. The molecule has 0 unspecified atom stereocenters. The summed E-state index contributed by atoms with van der Waals surface area (Å²) in [5.41, 5.74) is 8.99. The highest BCUT2D eigenvalue weighted by atomic mass is 16.5. The Bertz CT molecular complexity index is 778. The summed E-state index contributed by atoms with van der Waals surface area (Å²) in [6, 6.07) is 14.8. The molecule has 0 radical (unpaired) electrons. The van der Waals surface area contributed by atoms with E-state index in [1.165, 1.54) is 0 Å². The summed E-state index contributed by atoms with van der Waals surface area (Å²) in [5, 5.41) is 10.5. The first-order chi connectivity index (χ1) is 10.2. The standard InChI is InChI=1S/C17H18N2O2/c1-2-19-12(9-15-16(18)7-4-8-17(15)19)11-21-14-6-3-5-13(20)10-14/h3-10,20H,2,11,18H2,1H3. The number of phenolic OH excluding ortho intramolecular Hbond substituents is 1. The first kappa shape index (κ1) is 13.4. The number of hydrogen-bond donors (Lipinski definition) is 2. The van der Waals surface area contributed by atoms with Crippen molar-refractivity contribution in [2.75, 3.05) is 5.73 Å². The van der Waals surface area contributed by atoms with E-state index in [-0.39, 0.29) is 5.75 Å². The van der Waals surface area contributed by atoms with Gasteiger partial charge in [-0.25, -0.2) is 0 Å². The Morgan fingerprint density at radius 1 is 1.14 bits per heavy atom. The van der Waals surface area contributed by atoms with E-state index < -0.39 is 0 Å². The van der Waals surface area contributed by atoms with Crippen LogP contribution in [0.1, 0.15) is 12.6 Å². The molecule has 2 aromatic carbocycles. The van der Waals surface area contributed by atoms with Gasteiger partial charge in [-0.15, -0.1) is 0 Å². The van der Waals surface area contributed by atoms with Gasteiger partial charge in [0, 0.05) is 23.7 Å². The number of anilines is 1. The number of rotatable bonds is 4. The number of ether oxygens (including phenoxy) is 1. The average molecular weight is 282 g/mol. The third-order valence-corrected chi connectivity index (χ3v) is 3.59. The van der Waals surface area contributed by atoms with Crippen molar-refractivity contribution < 1.29 is 9.84 Å². The summed E-state index contributed by atoms with van der Waals surface area (Å²) in [6.45, 7) is 3.39. The second-order valence-corrected chi connectivity index (χ2v) is 4.95. The number of aromatic hydroxyl groups is 1. The van der Waals surface area contributed by atoms with E-state index in [4.69, 9.17) is 10.5 Å². The smallest absolute Gasteiger partial charge is 0.128 e. The van der Waals surface area contributed by atoms with E-state index in [1.54, 1.807) is 18.2 Å². The van der Waals surface area contributed by atoms with Crippen molar-refractivity contribution in [3.05, 3.63) is 54.2 Å². The Morgan fingerprint density at radius 2 is 1.95 bits per heavy atom. The van der Waals surface area contributed by atoms with Crippen LogP contribution < -0.4 is 10.5 Å². The summed E-state index contributed by atoms with van der Waals surface area (Å²) < 4.78 is 7.95. The number of nitrogen functional groups attached to an aromatic ring is 1. The van der Waals surface area contributed by atoms with E-state index in [1.807, 2.05) is 18.2 Å². The van der Waals surface area contributed by atoms with Gasteiger partial charge in [0.1, 0.15) is 18.1 Å². The predicted octanol–water partition coefficient (Wildman–Crippen LogP) is 3.53. The third-order valence-electron chi connectivity index (χ3n) is 3.59. The first-order valence-electron chi connectivity index (χ1n) is 6.97. The van der Waals surface area contributed by atoms with Gasteiger partial charge in [0.15, 0.2) is 0 Å². The number of phenols is 1. The molecule has 0 bridgehead atoms. The van der Waals surface area contributed by atoms with Gasteiger partial charge >= 0.3 is 0 Å². The number of aromatic nitrogens is 1. The summed E-state index contributed by atoms with van der Waals surface area (Å²) in [5.74, 6) is 0.851. The first-order valence-corrected chi connectivity index (χ1v) is 6.97. The largest absolute Gasteiger partial charge is 0.508 e. The fourth-order valence-corrected chi connectivity index (χ4v) is 2.59. The summed E-state index contributed by atoms with van der Waals surface area (Å²) in [6.07, 6.45) is 0. The van der Waals surface area contributed by atoms with Gasteiger partial charge < -0.3 is 20.1 Å². The van der Waals surface area contributed by atoms with Gasteiger partial charge in [-0.3, -0.25) is 0 Å². The fraction of sp³-hybridized carbons (Fsp3) is 0.176. The SMILES string of the molecule is CCn1c(COc2cccc(O)c2)cc2c(N)cccc21. The van der Waals surface area contributed by atoms with Crippen LogP contribution in [0.2, 0.25) is 0 Å². The second-order valence-electron chi connectivity index (χ2n) is 4.95. The zero-order valence-electron chi connectivity index (χ0n) is 11.9. The molecule has 0 aliphatic rings. The molecular formula is C17H18N2O2. The highest BCUT2D eigenvalue weighted by molar-refractivity contribution is 5.92. The molecule has 0 aliphatic carbocycles. The number of nitrogens with zero attached hydrogens (tertiary/aromatic N) is 1. The number of benzene rings is 2. The fourth-order valence-electron chi connectivity index (χ4n) is 2.59. The van der Waals surface area contributed by atoms with E-state index in [9.17, 15) is 5.11 Å². The number of nitrogens with two attached hydrogens (primary N) is 1. The van der Waals surface area contributed by atoms with Crippen molar-refractivity contribution in [3.63, 3.8) is 0 Å². The van der Waals surface area contributed by atoms with Crippen molar-refractivity contribution in [1.29, 1.82) is 0 Å². The summed E-state index contributed by atoms with van der Waals surface area (Å²) in [4.78, 5) is 0. The average Bonchev–Trinajstić information content (AvgIpc) is 2.84. The van der Waals surface area contributed by atoms with Crippen molar-refractivity contribution in [2.45, 2.75) is 20.1 Å². The van der Waals surface area contributed by atoms with Crippen molar-refractivity contribution in [1.82, 2.24) is 4.57 Å². The van der Waals surface area contributed by atoms with Crippen LogP contribution in [0.5, 0.6) is 11.5 Å². The molecule has 4 heteroatoms. The zero-order valence-corrected chi connectivity index (χ0v) is 11.9. The minimum absolute atomic E-state index is 0.202. The van der Waals surface area contributed by atoms with Gasteiger partial charge in [0.2, 0.25) is 0 Å². The lowest BCUT2D eigenvalue weighted by atomic mass is 10.2. The molecule has 0 fully saturated rings. The maximum atomic E-state index is 9.46. The molecule has 4 nitrogen and oxygen atoms in total. The topological polar surface area (TPSA) is 60.4 Å². The molecule has 0 saturated heterocycles. The van der Waals surface area contributed by atoms with E-state index in [0.717, 1.165) is 28.8 Å². The van der Waals surface area contributed by atoms with Crippen LogP contribution in [0.4, 0.5) is 5.69 Å². The van der Waals surface area contributed by atoms with Crippen LogP contribution >= 0.6 is 0 Å². The maximum absolute atomic E-state index is 9.46. The van der Waals surface area contributed by atoms with Crippen molar-refractivity contribution >= 4 is 16.6 Å². The Labute approximate surface area is 123 Å². The molecule has 108 valence electrons. The summed E-state index contributed by atoms with van der Waals surface area (Å²) >= 11 is 0. The quantitative estimate of drug-likeness (QED) is 0.720. The Hall–Kier alpha value is -2.62. The molecule has 1 heterocycles. The number of aryl methyl sites for hydroxylation is 1. The van der Waals surface area contributed by atoms with Crippen LogP contribution in [0.15, 0.2) is 48.5 Å². The van der Waals surface area contributed by atoms with Gasteiger partial charge in [0.25, 0.3) is 0 Å². The highest BCUT2D eigenvalue weighted by Crippen LogP contribution is 2.26. The van der Waals surface area contributed by atoms with Crippen LogP contribution in [0.25, 0.3) is 10.9 Å². The minimum Gasteiger partial charge on any atom is -0.508 e. The molecule has 21 heavy (non-hydrogen) atoms. The Kier molecular flexibility index (Phi) is 3.44. The molecule has 3 N–H and O–H groups in total. The minimum atomic E-state index is 0.202. The molecule has 1 aromatic heterocycles. The molecule has 3 rings (SSSR count). The Balaban J connectivity index is 1.91. The van der Waals surface area contributed by atoms with Gasteiger partial charge in [-0.05, 0) is 37.3 Å². The van der Waals surface area contributed by atoms with Crippen LogP contribution in [-0.2, 0) is 13.2 Å². The maximum Gasteiger partial charge on any atom is 0.128 e. The summed E-state index contributed by atoms with van der Waals surface area (Å²) in [7, 11) is 0.